The summed E-state index contributed by atoms with van der Waals surface area (Å²) in [4.78, 5) is 19.2. The van der Waals surface area contributed by atoms with E-state index in [9.17, 15) is 9.90 Å². The van der Waals surface area contributed by atoms with Crippen molar-refractivity contribution < 1.29 is 9.90 Å². The molecule has 8 heteroatoms. The molecule has 2 aromatic carbocycles. The minimum absolute atomic E-state index is 0.0472. The van der Waals surface area contributed by atoms with Gasteiger partial charge in [-0.15, -0.1) is 0 Å². The number of rotatable bonds is 5. The van der Waals surface area contributed by atoms with Crippen molar-refractivity contribution in [1.82, 2.24) is 14.6 Å². The smallest absolute Gasteiger partial charge is 0.231 e. The van der Waals surface area contributed by atoms with Gasteiger partial charge < -0.3 is 15.3 Å². The third-order valence-electron chi connectivity index (χ3n) is 6.14. The molecule has 1 aliphatic heterocycles. The number of aliphatic hydroxyl groups is 1. The molecule has 5 rings (SSSR count). The molecule has 0 saturated carbocycles. The van der Waals surface area contributed by atoms with Crippen molar-refractivity contribution in [3.8, 4) is 17.2 Å². The molecule has 1 amide bonds. The molecule has 0 bridgehead atoms. The summed E-state index contributed by atoms with van der Waals surface area (Å²) in [5, 5.41) is 26.4. The Morgan fingerprint density at radius 3 is 2.47 bits per heavy atom. The maximum absolute atomic E-state index is 12.6. The Morgan fingerprint density at radius 2 is 1.82 bits per heavy atom. The number of nitrogens with zero attached hydrogens (tertiary/aromatic N) is 5. The van der Waals surface area contributed by atoms with Gasteiger partial charge >= 0.3 is 0 Å². The maximum Gasteiger partial charge on any atom is 0.231 e. The van der Waals surface area contributed by atoms with Crippen LogP contribution in [0.3, 0.4) is 0 Å². The fourth-order valence-corrected chi connectivity index (χ4v) is 4.08. The van der Waals surface area contributed by atoms with E-state index < -0.39 is 5.60 Å². The Balaban J connectivity index is 1.30. The van der Waals surface area contributed by atoms with Gasteiger partial charge in [0.2, 0.25) is 5.91 Å². The van der Waals surface area contributed by atoms with Crippen molar-refractivity contribution in [3.05, 3.63) is 78.2 Å². The number of hydrogen-bond acceptors (Lipinski definition) is 6. The van der Waals surface area contributed by atoms with Gasteiger partial charge in [0.05, 0.1) is 23.2 Å². The summed E-state index contributed by atoms with van der Waals surface area (Å²) in [6, 6.07) is 18.8. The lowest BCUT2D eigenvalue weighted by Gasteiger charge is -2.39. The predicted molar refractivity (Wildman–Crippen MR) is 129 cm³/mol. The molecule has 0 unspecified atom stereocenters. The molecule has 1 aliphatic rings. The zero-order valence-electron chi connectivity index (χ0n) is 18.9. The lowest BCUT2D eigenvalue weighted by Crippen LogP contribution is -2.52. The molecule has 1 saturated heterocycles. The zero-order valence-corrected chi connectivity index (χ0v) is 18.9. The van der Waals surface area contributed by atoms with Crippen LogP contribution in [0.15, 0.2) is 67.1 Å². The number of nitrogens with one attached hydrogen (secondary N) is 1. The minimum Gasteiger partial charge on any atom is -0.386 e. The van der Waals surface area contributed by atoms with Crippen LogP contribution in [-0.2, 0) is 10.4 Å². The molecule has 0 radical (unpaired) electrons. The number of nitriles is 1. The second-order valence-electron chi connectivity index (χ2n) is 9.06. The van der Waals surface area contributed by atoms with Gasteiger partial charge in [0, 0.05) is 30.5 Å². The number of carbonyl (C=O) groups is 1. The van der Waals surface area contributed by atoms with Crippen LogP contribution in [0.2, 0.25) is 0 Å². The summed E-state index contributed by atoms with van der Waals surface area (Å²) in [6.45, 7) is 4.66. The SMILES string of the molecule is CC(C)(O)c1ccc(-c2cc3c(N4CC(C(=O)Nc5ccc(C#N)cc5)C4)ncnn3c2)cc1. The largest absolute Gasteiger partial charge is 0.386 e. The Morgan fingerprint density at radius 1 is 1.12 bits per heavy atom. The summed E-state index contributed by atoms with van der Waals surface area (Å²) < 4.78 is 1.80. The van der Waals surface area contributed by atoms with Crippen LogP contribution in [0.5, 0.6) is 0 Å². The molecule has 0 spiro atoms. The molecular weight excluding hydrogens is 428 g/mol. The number of amides is 1. The van der Waals surface area contributed by atoms with Gasteiger partial charge in [0.1, 0.15) is 11.8 Å². The summed E-state index contributed by atoms with van der Waals surface area (Å²) in [6.07, 6.45) is 3.47. The number of hydrogen-bond donors (Lipinski definition) is 2. The third-order valence-corrected chi connectivity index (χ3v) is 6.14. The summed E-state index contributed by atoms with van der Waals surface area (Å²) in [7, 11) is 0. The van der Waals surface area contributed by atoms with Crippen LogP contribution in [0.4, 0.5) is 11.5 Å². The van der Waals surface area contributed by atoms with Crippen LogP contribution >= 0.6 is 0 Å². The van der Waals surface area contributed by atoms with Gasteiger partial charge in [-0.1, -0.05) is 24.3 Å². The van der Waals surface area contributed by atoms with E-state index in [1.54, 1.807) is 42.6 Å². The molecule has 3 heterocycles. The minimum atomic E-state index is -0.886. The Kier molecular flexibility index (Phi) is 5.27. The molecule has 170 valence electrons. The first-order valence-electron chi connectivity index (χ1n) is 11.0. The zero-order chi connectivity index (χ0) is 23.9. The van der Waals surface area contributed by atoms with E-state index in [0.29, 0.717) is 24.3 Å². The highest BCUT2D eigenvalue weighted by molar-refractivity contribution is 5.94. The van der Waals surface area contributed by atoms with Crippen LogP contribution in [0.25, 0.3) is 16.6 Å². The molecule has 0 aliphatic carbocycles. The topological polar surface area (TPSA) is 107 Å². The second kappa shape index (κ2) is 8.28. The molecule has 4 aromatic rings. The molecule has 8 nitrogen and oxygen atoms in total. The lowest BCUT2D eigenvalue weighted by atomic mass is 9.96. The average Bonchev–Trinajstić information content (AvgIpc) is 3.23. The van der Waals surface area contributed by atoms with Gasteiger partial charge in [0.25, 0.3) is 0 Å². The molecule has 0 atom stereocenters. The van der Waals surface area contributed by atoms with Crippen LogP contribution in [0, 0.1) is 17.2 Å². The van der Waals surface area contributed by atoms with Gasteiger partial charge in [-0.2, -0.15) is 10.4 Å². The Labute approximate surface area is 197 Å². The van der Waals surface area contributed by atoms with E-state index >= 15 is 0 Å². The van der Waals surface area contributed by atoms with Crippen molar-refractivity contribution in [2.45, 2.75) is 19.4 Å². The first kappa shape index (κ1) is 21.6. The summed E-state index contributed by atoms with van der Waals surface area (Å²) >= 11 is 0. The highest BCUT2D eigenvalue weighted by Crippen LogP contribution is 2.31. The number of benzene rings is 2. The van der Waals surface area contributed by atoms with E-state index in [2.05, 4.69) is 26.4 Å². The molecule has 2 N–H and O–H groups in total. The fourth-order valence-electron chi connectivity index (χ4n) is 4.08. The van der Waals surface area contributed by atoms with Crippen molar-refractivity contribution in [2.24, 2.45) is 5.92 Å². The first-order valence-corrected chi connectivity index (χ1v) is 11.0. The van der Waals surface area contributed by atoms with Crippen LogP contribution < -0.4 is 10.2 Å². The molecule has 34 heavy (non-hydrogen) atoms. The fraction of sp³-hybridized carbons (Fsp3) is 0.231. The quantitative estimate of drug-likeness (QED) is 0.479. The standard InChI is InChI=1S/C26H24N6O2/c1-26(2,34)21-7-5-18(6-8-21)19-11-23-24(28-16-29-32(23)15-19)31-13-20(14-31)25(33)30-22-9-3-17(12-27)4-10-22/h3-11,15-16,20,34H,13-14H2,1-2H3,(H,30,33). The third kappa shape index (κ3) is 4.09. The normalized spacial score (nSPS) is 14.0. The summed E-state index contributed by atoms with van der Waals surface area (Å²) in [5.74, 6) is 0.597. The number of fused-ring (bicyclic) bond motifs is 1. The van der Waals surface area contributed by atoms with Crippen molar-refractivity contribution in [3.63, 3.8) is 0 Å². The lowest BCUT2D eigenvalue weighted by molar-refractivity contribution is -0.120. The van der Waals surface area contributed by atoms with E-state index in [1.165, 1.54) is 6.33 Å². The number of carbonyl (C=O) groups excluding carboxylic acids is 1. The van der Waals surface area contributed by atoms with Gasteiger partial charge in [0.15, 0.2) is 5.82 Å². The monoisotopic (exact) mass is 452 g/mol. The van der Waals surface area contributed by atoms with Crippen LogP contribution in [-0.4, -0.2) is 38.7 Å². The van der Waals surface area contributed by atoms with E-state index in [-0.39, 0.29) is 11.8 Å². The van der Waals surface area contributed by atoms with Gasteiger partial charge in [-0.25, -0.2) is 9.50 Å². The first-order chi connectivity index (χ1) is 16.3. The molecule has 1 fully saturated rings. The highest BCUT2D eigenvalue weighted by atomic mass is 16.3. The molecular formula is C26H24N6O2. The number of anilines is 2. The highest BCUT2D eigenvalue weighted by Gasteiger charge is 2.34. The summed E-state index contributed by atoms with van der Waals surface area (Å²) in [5.41, 5.74) is 4.09. The molecule has 2 aromatic heterocycles. The maximum atomic E-state index is 12.6. The predicted octanol–water partition coefficient (Wildman–Crippen LogP) is 3.57. The second-order valence-corrected chi connectivity index (χ2v) is 9.06. The van der Waals surface area contributed by atoms with E-state index in [1.807, 2.05) is 36.5 Å². The van der Waals surface area contributed by atoms with E-state index in [0.717, 1.165) is 28.0 Å². The Hall–Kier alpha value is -4.22. The van der Waals surface area contributed by atoms with Gasteiger partial charge in [-0.3, -0.25) is 4.79 Å². The van der Waals surface area contributed by atoms with Gasteiger partial charge in [-0.05, 0) is 55.3 Å². The van der Waals surface area contributed by atoms with Crippen molar-refractivity contribution in [2.75, 3.05) is 23.3 Å². The van der Waals surface area contributed by atoms with Crippen molar-refractivity contribution >= 4 is 22.9 Å². The Bertz CT molecular complexity index is 1390. The number of aromatic nitrogens is 3. The van der Waals surface area contributed by atoms with Crippen LogP contribution in [0.1, 0.15) is 25.0 Å². The van der Waals surface area contributed by atoms with Crippen molar-refractivity contribution in [1.29, 1.82) is 5.26 Å². The average molecular weight is 453 g/mol. The van der Waals surface area contributed by atoms with E-state index in [4.69, 9.17) is 5.26 Å².